The number of piperidine rings is 1. The van der Waals surface area contributed by atoms with Crippen LogP contribution in [0.4, 0.5) is 6.01 Å². The molecule has 0 radical (unpaired) electrons. The Morgan fingerprint density at radius 2 is 1.78 bits per heavy atom. The lowest BCUT2D eigenvalue weighted by atomic mass is 9.99. The van der Waals surface area contributed by atoms with Gasteiger partial charge in [-0.05, 0) is 69.2 Å². The molecular weight excluding hydrogens is 567 g/mol. The van der Waals surface area contributed by atoms with Gasteiger partial charge in [-0.3, -0.25) is 0 Å². The summed E-state index contributed by atoms with van der Waals surface area (Å²) in [6.45, 7) is 2.14. The summed E-state index contributed by atoms with van der Waals surface area (Å²) in [6.07, 6.45) is 5.88. The van der Waals surface area contributed by atoms with Crippen molar-refractivity contribution < 1.29 is 23.7 Å². The van der Waals surface area contributed by atoms with Gasteiger partial charge >= 0.3 is 12.0 Å². The van der Waals surface area contributed by atoms with Crippen molar-refractivity contribution in [3.05, 3.63) is 68.9 Å². The van der Waals surface area contributed by atoms with Crippen molar-refractivity contribution in [1.29, 1.82) is 0 Å². The molecule has 3 atom stereocenters. The number of nitrogens with zero attached hydrogens (tertiary/aromatic N) is 4. The highest BCUT2D eigenvalue weighted by Gasteiger charge is 2.44. The number of fused-ring (bicyclic) bond motifs is 2. The van der Waals surface area contributed by atoms with Gasteiger partial charge in [0.1, 0.15) is 11.5 Å². The van der Waals surface area contributed by atoms with Gasteiger partial charge in [-0.2, -0.15) is 4.98 Å². The summed E-state index contributed by atoms with van der Waals surface area (Å²) in [4.78, 5) is 18.5. The smallest absolute Gasteiger partial charge is 0.335 e. The molecule has 0 amide bonds. The Labute approximate surface area is 246 Å². The topological polar surface area (TPSA) is 115 Å². The lowest BCUT2D eigenvalue weighted by Crippen LogP contribution is -2.45. The third-order valence-corrected chi connectivity index (χ3v) is 9.11. The molecule has 0 spiro atoms. The molecule has 1 saturated carbocycles. The van der Waals surface area contributed by atoms with E-state index in [2.05, 4.69) is 20.2 Å². The number of hydrogen-bond donors (Lipinski definition) is 1. The number of aromatic nitrogens is 3. The maximum atomic E-state index is 11.6. The van der Waals surface area contributed by atoms with Crippen molar-refractivity contribution in [2.75, 3.05) is 4.90 Å². The highest BCUT2D eigenvalue weighted by atomic mass is 35.5. The molecule has 2 saturated heterocycles. The summed E-state index contributed by atoms with van der Waals surface area (Å²) in [5.41, 5.74) is 3.78. The van der Waals surface area contributed by atoms with Crippen LogP contribution in [0.2, 0.25) is 10.0 Å². The molecule has 41 heavy (non-hydrogen) atoms. The Morgan fingerprint density at radius 3 is 2.46 bits per heavy atom. The second-order valence-corrected chi connectivity index (χ2v) is 12.0. The molecule has 2 bridgehead atoms. The van der Waals surface area contributed by atoms with E-state index >= 15 is 0 Å². The van der Waals surface area contributed by atoms with Gasteiger partial charge in [0.05, 0.1) is 28.3 Å². The molecule has 1 unspecified atom stereocenters. The van der Waals surface area contributed by atoms with E-state index in [9.17, 15) is 9.90 Å². The fraction of sp³-hybridized carbons (Fsp3) is 0.400. The van der Waals surface area contributed by atoms with Crippen LogP contribution in [-0.4, -0.2) is 44.6 Å². The van der Waals surface area contributed by atoms with Crippen LogP contribution >= 0.6 is 23.2 Å². The minimum Gasteiger partial charge on any atom is -0.478 e. The third-order valence-electron chi connectivity index (χ3n) is 8.48. The summed E-state index contributed by atoms with van der Waals surface area (Å²) in [5, 5.41) is 19.1. The molecule has 2 aliphatic heterocycles. The average Bonchev–Trinajstić information content (AvgIpc) is 3.42. The summed E-state index contributed by atoms with van der Waals surface area (Å²) < 4.78 is 18.0. The lowest BCUT2D eigenvalue weighted by molar-refractivity contribution is 0.0138. The van der Waals surface area contributed by atoms with Crippen molar-refractivity contribution in [1.82, 2.24) is 15.3 Å². The van der Waals surface area contributed by atoms with Crippen molar-refractivity contribution in [2.45, 2.75) is 76.2 Å². The Kier molecular flexibility index (Phi) is 6.76. The molecule has 2 aromatic heterocycles. The maximum absolute atomic E-state index is 11.6. The summed E-state index contributed by atoms with van der Waals surface area (Å²) >= 11 is 13.0. The largest absolute Gasteiger partial charge is 0.478 e. The second kappa shape index (κ2) is 10.5. The van der Waals surface area contributed by atoms with Crippen molar-refractivity contribution in [2.24, 2.45) is 0 Å². The molecule has 4 heterocycles. The number of carboxylic acids is 1. The molecule has 1 aliphatic carbocycles. The number of ether oxygens (including phenoxy) is 1. The van der Waals surface area contributed by atoms with Gasteiger partial charge in [0.25, 0.3) is 0 Å². The van der Waals surface area contributed by atoms with E-state index < -0.39 is 5.97 Å². The lowest BCUT2D eigenvalue weighted by Gasteiger charge is -2.37. The maximum Gasteiger partial charge on any atom is 0.335 e. The zero-order chi connectivity index (χ0) is 28.2. The number of rotatable bonds is 8. The van der Waals surface area contributed by atoms with Crippen LogP contribution in [0.15, 0.2) is 45.4 Å². The summed E-state index contributed by atoms with van der Waals surface area (Å²) in [6, 6.07) is 11.5. The summed E-state index contributed by atoms with van der Waals surface area (Å²) in [5.74, 6) is 0.634. The Morgan fingerprint density at radius 1 is 1.05 bits per heavy atom. The number of hydrogen-bond acceptors (Lipinski definition) is 8. The number of anilines is 1. The molecule has 212 valence electrons. The first-order chi connectivity index (χ1) is 19.9. The zero-order valence-electron chi connectivity index (χ0n) is 22.3. The molecule has 1 N–H and O–H groups in total. The van der Waals surface area contributed by atoms with Crippen LogP contribution in [0.3, 0.4) is 0 Å². The van der Waals surface area contributed by atoms with Gasteiger partial charge in [-0.15, -0.1) is 0 Å². The van der Waals surface area contributed by atoms with E-state index in [-0.39, 0.29) is 23.8 Å². The van der Waals surface area contributed by atoms with Crippen LogP contribution in [0.5, 0.6) is 0 Å². The van der Waals surface area contributed by atoms with Gasteiger partial charge in [0.2, 0.25) is 5.82 Å². The van der Waals surface area contributed by atoms with E-state index in [1.165, 1.54) is 0 Å². The first kappa shape index (κ1) is 26.5. The van der Waals surface area contributed by atoms with E-state index in [4.69, 9.17) is 37.0 Å². The van der Waals surface area contributed by atoms with Gasteiger partial charge in [-0.25, -0.2) is 4.79 Å². The van der Waals surface area contributed by atoms with Gasteiger partial charge in [0.15, 0.2) is 0 Å². The standard InChI is InChI=1S/C30H28Cl2N4O5/c1-15-5-6-17(11-21(15)29(37)38)28-33-30(41-35-28)36-18-9-10-19(36)13-20(12-18)39-14-22-26(34-40-27(22)16-7-8-16)25-23(31)3-2-4-24(25)32/h2-6,11,16,18-20H,7-10,12-14H2,1H3,(H,37,38)/t18-,19+,20?. The van der Waals surface area contributed by atoms with Gasteiger partial charge in [0, 0.05) is 34.7 Å². The molecule has 7 rings (SSSR count). The van der Waals surface area contributed by atoms with Gasteiger partial charge < -0.3 is 23.8 Å². The first-order valence-corrected chi connectivity index (χ1v) is 14.6. The van der Waals surface area contributed by atoms with E-state index in [1.807, 2.05) is 12.1 Å². The average molecular weight is 595 g/mol. The molecule has 4 aromatic rings. The number of aromatic carboxylic acids is 1. The van der Waals surface area contributed by atoms with E-state index in [0.717, 1.165) is 49.8 Å². The third kappa shape index (κ3) is 4.90. The molecule has 11 heteroatoms. The van der Waals surface area contributed by atoms with Crippen molar-refractivity contribution in [3.63, 3.8) is 0 Å². The van der Waals surface area contributed by atoms with Crippen LogP contribution in [0.1, 0.15) is 71.7 Å². The predicted octanol–water partition coefficient (Wildman–Crippen LogP) is 7.30. The number of carboxylic acid groups (broad SMARTS) is 1. The van der Waals surface area contributed by atoms with Crippen LogP contribution in [0.25, 0.3) is 22.6 Å². The minimum atomic E-state index is -0.981. The SMILES string of the molecule is Cc1ccc(-c2noc(N3[C@@H]4CC[C@H]3CC(OCc3c(-c5c(Cl)cccc5Cl)noc3C3CC3)C4)n2)cc1C(=O)O. The Balaban J connectivity index is 1.07. The van der Waals surface area contributed by atoms with E-state index in [0.29, 0.717) is 56.8 Å². The first-order valence-electron chi connectivity index (χ1n) is 13.9. The minimum absolute atomic E-state index is 0.0536. The zero-order valence-corrected chi connectivity index (χ0v) is 23.9. The number of benzene rings is 2. The molecule has 2 aromatic carbocycles. The van der Waals surface area contributed by atoms with E-state index in [1.54, 1.807) is 31.2 Å². The van der Waals surface area contributed by atoms with Crippen LogP contribution in [-0.2, 0) is 11.3 Å². The van der Waals surface area contributed by atoms with Crippen molar-refractivity contribution >= 4 is 35.2 Å². The fourth-order valence-corrected chi connectivity index (χ4v) is 6.83. The number of halogens is 2. The monoisotopic (exact) mass is 594 g/mol. The normalized spacial score (nSPS) is 21.9. The molecular formula is C30H28Cl2N4O5. The Hall–Kier alpha value is -3.40. The Bertz CT molecular complexity index is 1600. The quantitative estimate of drug-likeness (QED) is 0.224. The highest BCUT2D eigenvalue weighted by Crippen LogP contribution is 2.47. The second-order valence-electron chi connectivity index (χ2n) is 11.2. The molecule has 9 nitrogen and oxygen atoms in total. The number of aryl methyl sites for hydroxylation is 1. The van der Waals surface area contributed by atoms with Crippen LogP contribution < -0.4 is 4.90 Å². The van der Waals surface area contributed by atoms with Gasteiger partial charge in [-0.1, -0.05) is 51.7 Å². The van der Waals surface area contributed by atoms with Crippen LogP contribution in [0, 0.1) is 6.92 Å². The predicted molar refractivity (Wildman–Crippen MR) is 152 cm³/mol. The number of carbonyl (C=O) groups is 1. The molecule has 3 aliphatic rings. The highest BCUT2D eigenvalue weighted by molar-refractivity contribution is 6.39. The molecule has 3 fully saturated rings. The summed E-state index contributed by atoms with van der Waals surface area (Å²) in [7, 11) is 0. The van der Waals surface area contributed by atoms with Crippen molar-refractivity contribution in [3.8, 4) is 22.6 Å². The fourth-order valence-electron chi connectivity index (χ4n) is 6.25.